The predicted octanol–water partition coefficient (Wildman–Crippen LogP) is 2.34. The summed E-state index contributed by atoms with van der Waals surface area (Å²) in [6.07, 6.45) is 2.46. The number of aromatic amines is 1. The molecule has 24 heavy (non-hydrogen) atoms. The summed E-state index contributed by atoms with van der Waals surface area (Å²) in [7, 11) is 4.00. The summed E-state index contributed by atoms with van der Waals surface area (Å²) < 4.78 is 0. The second-order valence-electron chi connectivity index (χ2n) is 6.59. The minimum atomic E-state index is -0.544. The summed E-state index contributed by atoms with van der Waals surface area (Å²) in [5, 5.41) is 4.07. The van der Waals surface area contributed by atoms with Gasteiger partial charge in [0.05, 0.1) is 6.04 Å². The van der Waals surface area contributed by atoms with Gasteiger partial charge in [-0.2, -0.15) is 0 Å². The van der Waals surface area contributed by atoms with Crippen molar-refractivity contribution in [3.05, 3.63) is 36.0 Å². The molecule has 0 aliphatic rings. The molecule has 4 N–H and O–H groups in total. The van der Waals surface area contributed by atoms with Crippen molar-refractivity contribution in [3.8, 4) is 0 Å². The number of nitrogens with zero attached hydrogens (tertiary/aromatic N) is 1. The number of hydrogen-bond acceptors (Lipinski definition) is 3. The predicted molar refractivity (Wildman–Crippen MR) is 105 cm³/mol. The molecule has 1 amide bonds. The van der Waals surface area contributed by atoms with Gasteiger partial charge in [0.1, 0.15) is 0 Å². The largest absolute Gasteiger partial charge is 0.361 e. The maximum Gasteiger partial charge on any atom is 0.237 e. The highest BCUT2D eigenvalue weighted by atomic mass is 35.5. The number of hydrogen-bond donors (Lipinski definition) is 3. The van der Waals surface area contributed by atoms with Crippen molar-refractivity contribution in [3.63, 3.8) is 0 Å². The molecule has 0 saturated carbocycles. The maximum absolute atomic E-state index is 12.2. The van der Waals surface area contributed by atoms with Crippen molar-refractivity contribution >= 4 is 41.6 Å². The normalized spacial score (nSPS) is 12.4. The van der Waals surface area contributed by atoms with Crippen molar-refractivity contribution in [2.45, 2.75) is 31.8 Å². The first-order valence-electron chi connectivity index (χ1n) is 7.57. The molecule has 7 heteroatoms. The van der Waals surface area contributed by atoms with E-state index in [0.717, 1.165) is 16.5 Å². The number of likely N-dealkylation sites (N-methyl/N-ethyl adjacent to an activating group) is 1. The Labute approximate surface area is 156 Å². The van der Waals surface area contributed by atoms with Crippen molar-refractivity contribution in [2.75, 3.05) is 20.6 Å². The van der Waals surface area contributed by atoms with Crippen molar-refractivity contribution < 1.29 is 4.79 Å². The van der Waals surface area contributed by atoms with E-state index in [1.807, 2.05) is 44.6 Å². The van der Waals surface area contributed by atoms with Gasteiger partial charge in [0.2, 0.25) is 5.91 Å². The number of rotatable bonds is 6. The van der Waals surface area contributed by atoms with Crippen LogP contribution in [0.5, 0.6) is 0 Å². The van der Waals surface area contributed by atoms with Gasteiger partial charge >= 0.3 is 0 Å². The minimum absolute atomic E-state index is 0. The summed E-state index contributed by atoms with van der Waals surface area (Å²) >= 11 is 0. The van der Waals surface area contributed by atoms with Crippen LogP contribution in [0.4, 0.5) is 0 Å². The average Bonchev–Trinajstić information content (AvgIpc) is 2.88. The molecule has 0 aliphatic carbocycles. The number of carbonyl (C=O) groups excluding carboxylic acids is 1. The lowest BCUT2D eigenvalue weighted by Crippen LogP contribution is -2.51. The first kappa shape index (κ1) is 22.7. The number of benzene rings is 1. The summed E-state index contributed by atoms with van der Waals surface area (Å²) in [4.78, 5) is 17.5. The van der Waals surface area contributed by atoms with E-state index in [9.17, 15) is 4.79 Å². The molecule has 0 radical (unpaired) electrons. The van der Waals surface area contributed by atoms with Gasteiger partial charge in [0.25, 0.3) is 0 Å². The Kier molecular flexibility index (Phi) is 8.78. The SMILES string of the molecule is CN(C)C(C)(C)CNC(=O)[C@@H](N)Cc1c[nH]c2ccccc12.Cl.Cl. The van der Waals surface area contributed by atoms with E-state index in [1.165, 1.54) is 0 Å². The Morgan fingerprint density at radius 1 is 1.29 bits per heavy atom. The van der Waals surface area contributed by atoms with Gasteiger partial charge in [-0.15, -0.1) is 24.8 Å². The summed E-state index contributed by atoms with van der Waals surface area (Å²) in [6, 6.07) is 7.49. The van der Waals surface area contributed by atoms with Crippen molar-refractivity contribution in [2.24, 2.45) is 5.73 Å². The third kappa shape index (κ3) is 5.38. The van der Waals surface area contributed by atoms with E-state index in [0.29, 0.717) is 13.0 Å². The van der Waals surface area contributed by atoms with E-state index >= 15 is 0 Å². The molecule has 2 rings (SSSR count). The molecule has 1 atom stereocenters. The van der Waals surface area contributed by atoms with Crippen LogP contribution in [0.1, 0.15) is 19.4 Å². The van der Waals surface area contributed by atoms with Crippen LogP contribution in [0.15, 0.2) is 30.5 Å². The second kappa shape index (κ2) is 9.28. The van der Waals surface area contributed by atoms with Crippen LogP contribution < -0.4 is 11.1 Å². The van der Waals surface area contributed by atoms with Gasteiger partial charge < -0.3 is 20.9 Å². The van der Waals surface area contributed by atoms with Gasteiger partial charge in [0, 0.05) is 29.2 Å². The quantitative estimate of drug-likeness (QED) is 0.726. The molecule has 0 fully saturated rings. The lowest BCUT2D eigenvalue weighted by molar-refractivity contribution is -0.122. The van der Waals surface area contributed by atoms with E-state index in [2.05, 4.69) is 29.0 Å². The van der Waals surface area contributed by atoms with E-state index in [1.54, 1.807) is 0 Å². The smallest absolute Gasteiger partial charge is 0.237 e. The number of nitrogens with one attached hydrogen (secondary N) is 2. The fourth-order valence-electron chi connectivity index (χ4n) is 2.22. The molecule has 0 bridgehead atoms. The zero-order chi connectivity index (χ0) is 16.3. The molecule has 2 aromatic rings. The van der Waals surface area contributed by atoms with E-state index in [-0.39, 0.29) is 36.3 Å². The molecule has 0 unspecified atom stereocenters. The lowest BCUT2D eigenvalue weighted by Gasteiger charge is -2.33. The molecular formula is C17H28Cl2N4O. The Morgan fingerprint density at radius 3 is 2.54 bits per heavy atom. The Hall–Kier alpha value is -1.27. The molecule has 0 aliphatic heterocycles. The zero-order valence-corrected chi connectivity index (χ0v) is 16.3. The second-order valence-corrected chi connectivity index (χ2v) is 6.59. The highest BCUT2D eigenvalue weighted by molar-refractivity contribution is 5.86. The van der Waals surface area contributed by atoms with Gasteiger partial charge in [-0.25, -0.2) is 0 Å². The first-order valence-corrected chi connectivity index (χ1v) is 7.57. The fraction of sp³-hybridized carbons (Fsp3) is 0.471. The van der Waals surface area contributed by atoms with Gasteiger partial charge in [-0.1, -0.05) is 18.2 Å². The molecular weight excluding hydrogens is 347 g/mol. The highest BCUT2D eigenvalue weighted by Gasteiger charge is 2.23. The number of carbonyl (C=O) groups is 1. The number of halogens is 2. The van der Waals surface area contributed by atoms with Gasteiger partial charge in [0.15, 0.2) is 0 Å². The molecule has 0 saturated heterocycles. The zero-order valence-electron chi connectivity index (χ0n) is 14.6. The van der Waals surface area contributed by atoms with Crippen LogP contribution in [0.25, 0.3) is 10.9 Å². The number of para-hydroxylation sites is 1. The van der Waals surface area contributed by atoms with E-state index < -0.39 is 6.04 Å². The van der Waals surface area contributed by atoms with Gasteiger partial charge in [-0.3, -0.25) is 4.79 Å². The van der Waals surface area contributed by atoms with Gasteiger partial charge in [-0.05, 0) is 46.0 Å². The van der Waals surface area contributed by atoms with Crippen LogP contribution >= 0.6 is 24.8 Å². The fourth-order valence-corrected chi connectivity index (χ4v) is 2.22. The van der Waals surface area contributed by atoms with Crippen LogP contribution in [0.3, 0.4) is 0 Å². The average molecular weight is 375 g/mol. The number of fused-ring (bicyclic) bond motifs is 1. The first-order chi connectivity index (χ1) is 10.3. The number of nitrogens with two attached hydrogens (primary N) is 1. The van der Waals surface area contributed by atoms with Crippen LogP contribution in [0, 0.1) is 0 Å². The molecule has 0 spiro atoms. The number of H-pyrrole nitrogens is 1. The van der Waals surface area contributed by atoms with Crippen LogP contribution in [-0.4, -0.2) is 48.0 Å². The topological polar surface area (TPSA) is 74.2 Å². The molecule has 136 valence electrons. The minimum Gasteiger partial charge on any atom is -0.361 e. The molecule has 1 aromatic carbocycles. The lowest BCUT2D eigenvalue weighted by atomic mass is 10.0. The van der Waals surface area contributed by atoms with E-state index in [4.69, 9.17) is 5.73 Å². The monoisotopic (exact) mass is 374 g/mol. The molecule has 1 heterocycles. The Morgan fingerprint density at radius 2 is 1.92 bits per heavy atom. The Balaban J connectivity index is 0.00000264. The maximum atomic E-state index is 12.2. The van der Waals surface area contributed by atoms with Crippen molar-refractivity contribution in [1.29, 1.82) is 0 Å². The molecule has 5 nitrogen and oxygen atoms in total. The standard InChI is InChI=1S/C17H26N4O.2ClH/c1-17(2,21(3)4)11-20-16(22)14(18)9-12-10-19-15-8-6-5-7-13(12)15;;/h5-8,10,14,19H,9,11,18H2,1-4H3,(H,20,22);2*1H/t14-;;/m0../s1. The molecule has 1 aromatic heterocycles. The number of amides is 1. The summed E-state index contributed by atoms with van der Waals surface area (Å²) in [5.41, 5.74) is 8.11. The highest BCUT2D eigenvalue weighted by Crippen LogP contribution is 2.18. The Bertz CT molecular complexity index is 655. The van der Waals surface area contributed by atoms with Crippen molar-refractivity contribution in [1.82, 2.24) is 15.2 Å². The third-order valence-electron chi connectivity index (χ3n) is 4.36. The van der Waals surface area contributed by atoms with Crippen LogP contribution in [-0.2, 0) is 11.2 Å². The third-order valence-corrected chi connectivity index (χ3v) is 4.36. The number of aromatic nitrogens is 1. The van der Waals surface area contributed by atoms with Crippen LogP contribution in [0.2, 0.25) is 0 Å². The summed E-state index contributed by atoms with van der Waals surface area (Å²) in [5.74, 6) is -0.111. The summed E-state index contributed by atoms with van der Waals surface area (Å²) in [6.45, 7) is 4.73.